The van der Waals surface area contributed by atoms with E-state index in [-0.39, 0.29) is 0 Å². The van der Waals surface area contributed by atoms with Crippen molar-refractivity contribution in [3.63, 3.8) is 0 Å². The van der Waals surface area contributed by atoms with E-state index in [1.54, 1.807) is 0 Å². The third-order valence-corrected chi connectivity index (χ3v) is 5.17. The standard InChI is InChI=1S/C16H33N3/c1-14-5-3-4-10-19(14)12-11-18(2)13-15-6-8-16(17)9-7-15/h14-16H,3-13,17H2,1-2H3. The van der Waals surface area contributed by atoms with E-state index in [9.17, 15) is 0 Å². The lowest BCUT2D eigenvalue weighted by Crippen LogP contribution is -2.42. The van der Waals surface area contributed by atoms with Gasteiger partial charge in [-0.2, -0.15) is 0 Å². The minimum absolute atomic E-state index is 0.482. The van der Waals surface area contributed by atoms with Crippen molar-refractivity contribution < 1.29 is 0 Å². The smallest absolute Gasteiger partial charge is 0.0112 e. The molecule has 2 rings (SSSR count). The molecule has 0 radical (unpaired) electrons. The number of nitrogens with two attached hydrogens (primary N) is 1. The van der Waals surface area contributed by atoms with Gasteiger partial charge in [-0.25, -0.2) is 0 Å². The van der Waals surface area contributed by atoms with Crippen molar-refractivity contribution in [3.05, 3.63) is 0 Å². The Kier molecular flexibility index (Phi) is 6.11. The van der Waals surface area contributed by atoms with E-state index in [2.05, 4.69) is 23.8 Å². The van der Waals surface area contributed by atoms with Crippen molar-refractivity contribution >= 4 is 0 Å². The highest BCUT2D eigenvalue weighted by atomic mass is 15.2. The molecule has 3 nitrogen and oxygen atoms in total. The van der Waals surface area contributed by atoms with Gasteiger partial charge in [0.25, 0.3) is 0 Å². The molecule has 1 aliphatic carbocycles. The minimum Gasteiger partial charge on any atom is -0.328 e. The molecule has 1 saturated carbocycles. The molecule has 2 aliphatic rings. The number of likely N-dealkylation sites (tertiary alicyclic amines) is 1. The molecule has 0 bridgehead atoms. The first-order valence-corrected chi connectivity index (χ1v) is 8.33. The van der Waals surface area contributed by atoms with E-state index < -0.39 is 0 Å². The average Bonchev–Trinajstić information content (AvgIpc) is 2.40. The molecule has 1 atom stereocenters. The lowest BCUT2D eigenvalue weighted by atomic mass is 9.86. The summed E-state index contributed by atoms with van der Waals surface area (Å²) in [4.78, 5) is 5.22. The van der Waals surface area contributed by atoms with Gasteiger partial charge in [-0.15, -0.1) is 0 Å². The number of rotatable bonds is 5. The van der Waals surface area contributed by atoms with E-state index in [0.29, 0.717) is 6.04 Å². The molecule has 3 heteroatoms. The summed E-state index contributed by atoms with van der Waals surface area (Å²) in [6, 6.07) is 1.28. The Morgan fingerprint density at radius 2 is 1.84 bits per heavy atom. The van der Waals surface area contributed by atoms with Crippen LogP contribution in [0.1, 0.15) is 51.9 Å². The van der Waals surface area contributed by atoms with Crippen LogP contribution in [0.2, 0.25) is 0 Å². The first-order valence-electron chi connectivity index (χ1n) is 8.33. The van der Waals surface area contributed by atoms with Gasteiger partial charge < -0.3 is 10.6 Å². The fourth-order valence-corrected chi connectivity index (χ4v) is 3.69. The summed E-state index contributed by atoms with van der Waals surface area (Å²) >= 11 is 0. The van der Waals surface area contributed by atoms with Gasteiger partial charge in [0.1, 0.15) is 0 Å². The first kappa shape index (κ1) is 15.3. The number of nitrogens with zero attached hydrogens (tertiary/aromatic N) is 2. The zero-order valence-electron chi connectivity index (χ0n) is 13.0. The van der Waals surface area contributed by atoms with Crippen LogP contribution in [0.15, 0.2) is 0 Å². The summed E-state index contributed by atoms with van der Waals surface area (Å²) in [6.07, 6.45) is 9.37. The third kappa shape index (κ3) is 5.05. The molecular weight excluding hydrogens is 234 g/mol. The van der Waals surface area contributed by atoms with Gasteiger partial charge >= 0.3 is 0 Å². The van der Waals surface area contributed by atoms with E-state index >= 15 is 0 Å². The number of hydrogen-bond acceptors (Lipinski definition) is 3. The molecular formula is C16H33N3. The van der Waals surface area contributed by atoms with Crippen LogP contribution in [0.4, 0.5) is 0 Å². The molecule has 0 aromatic rings. The third-order valence-electron chi connectivity index (χ3n) is 5.17. The van der Waals surface area contributed by atoms with Crippen LogP contribution >= 0.6 is 0 Å². The highest BCUT2D eigenvalue weighted by molar-refractivity contribution is 4.77. The molecule has 0 aromatic carbocycles. The molecule has 2 N–H and O–H groups in total. The van der Waals surface area contributed by atoms with Gasteiger partial charge in [-0.05, 0) is 65.0 Å². The zero-order chi connectivity index (χ0) is 13.7. The normalized spacial score (nSPS) is 33.8. The molecule has 2 fully saturated rings. The van der Waals surface area contributed by atoms with Crippen LogP contribution in [0, 0.1) is 5.92 Å². The summed E-state index contributed by atoms with van der Waals surface area (Å²) in [5.74, 6) is 0.892. The van der Waals surface area contributed by atoms with Crippen molar-refractivity contribution in [2.24, 2.45) is 11.7 Å². The maximum atomic E-state index is 5.98. The fraction of sp³-hybridized carbons (Fsp3) is 1.00. The van der Waals surface area contributed by atoms with Crippen molar-refractivity contribution in [3.8, 4) is 0 Å². The molecule has 0 amide bonds. The summed E-state index contributed by atoms with van der Waals surface area (Å²) < 4.78 is 0. The highest BCUT2D eigenvalue weighted by Crippen LogP contribution is 2.23. The average molecular weight is 267 g/mol. The topological polar surface area (TPSA) is 32.5 Å². The summed E-state index contributed by atoms with van der Waals surface area (Å²) in [6.45, 7) is 7.46. The Balaban J connectivity index is 1.62. The molecule has 1 unspecified atom stereocenters. The predicted molar refractivity (Wildman–Crippen MR) is 82.3 cm³/mol. The molecule has 1 heterocycles. The van der Waals surface area contributed by atoms with Gasteiger partial charge in [0, 0.05) is 31.7 Å². The van der Waals surface area contributed by atoms with Crippen molar-refractivity contribution in [2.75, 3.05) is 33.2 Å². The molecule has 0 spiro atoms. The number of hydrogen-bond donors (Lipinski definition) is 1. The van der Waals surface area contributed by atoms with Crippen molar-refractivity contribution in [1.29, 1.82) is 0 Å². The molecule has 19 heavy (non-hydrogen) atoms. The Bertz CT molecular complexity index is 248. The Morgan fingerprint density at radius 3 is 2.53 bits per heavy atom. The van der Waals surface area contributed by atoms with E-state index in [0.717, 1.165) is 12.0 Å². The van der Waals surface area contributed by atoms with Crippen molar-refractivity contribution in [2.45, 2.75) is 64.0 Å². The monoisotopic (exact) mass is 267 g/mol. The second-order valence-electron chi connectivity index (χ2n) is 6.92. The minimum atomic E-state index is 0.482. The van der Waals surface area contributed by atoms with E-state index in [1.165, 1.54) is 71.1 Å². The highest BCUT2D eigenvalue weighted by Gasteiger charge is 2.21. The molecule has 1 aliphatic heterocycles. The predicted octanol–water partition coefficient (Wildman–Crippen LogP) is 2.31. The Labute approximate surface area is 119 Å². The van der Waals surface area contributed by atoms with Crippen LogP contribution < -0.4 is 5.73 Å². The quantitative estimate of drug-likeness (QED) is 0.829. The summed E-state index contributed by atoms with van der Waals surface area (Å²) in [7, 11) is 2.29. The number of likely N-dealkylation sites (N-methyl/N-ethyl adjacent to an activating group) is 1. The van der Waals surface area contributed by atoms with Crippen LogP contribution in [0.5, 0.6) is 0 Å². The SMILES string of the molecule is CC1CCCCN1CCN(C)CC1CCC(N)CC1. The first-order chi connectivity index (χ1) is 9.15. The molecule has 112 valence electrons. The van der Waals surface area contributed by atoms with Crippen LogP contribution in [-0.4, -0.2) is 55.1 Å². The van der Waals surface area contributed by atoms with Crippen LogP contribution in [-0.2, 0) is 0 Å². The van der Waals surface area contributed by atoms with Crippen molar-refractivity contribution in [1.82, 2.24) is 9.80 Å². The largest absolute Gasteiger partial charge is 0.328 e. The van der Waals surface area contributed by atoms with Gasteiger partial charge in [0.05, 0.1) is 0 Å². The second kappa shape index (κ2) is 7.61. The van der Waals surface area contributed by atoms with Crippen LogP contribution in [0.25, 0.3) is 0 Å². The Morgan fingerprint density at radius 1 is 1.11 bits per heavy atom. The van der Waals surface area contributed by atoms with E-state index in [4.69, 9.17) is 5.73 Å². The Hall–Kier alpha value is -0.120. The fourth-order valence-electron chi connectivity index (χ4n) is 3.69. The van der Waals surface area contributed by atoms with E-state index in [1.807, 2.05) is 0 Å². The van der Waals surface area contributed by atoms with Gasteiger partial charge in [-0.3, -0.25) is 4.90 Å². The zero-order valence-corrected chi connectivity index (χ0v) is 13.0. The van der Waals surface area contributed by atoms with Gasteiger partial charge in [-0.1, -0.05) is 6.42 Å². The lowest BCUT2D eigenvalue weighted by molar-refractivity contribution is 0.133. The van der Waals surface area contributed by atoms with Gasteiger partial charge in [0.15, 0.2) is 0 Å². The number of piperidine rings is 1. The summed E-state index contributed by atoms with van der Waals surface area (Å²) in [5.41, 5.74) is 5.98. The van der Waals surface area contributed by atoms with Crippen LogP contribution in [0.3, 0.4) is 0 Å². The van der Waals surface area contributed by atoms with Gasteiger partial charge in [0.2, 0.25) is 0 Å². The lowest BCUT2D eigenvalue weighted by Gasteiger charge is -2.35. The maximum absolute atomic E-state index is 5.98. The second-order valence-corrected chi connectivity index (χ2v) is 6.92. The summed E-state index contributed by atoms with van der Waals surface area (Å²) in [5, 5.41) is 0. The molecule has 1 saturated heterocycles. The maximum Gasteiger partial charge on any atom is 0.0112 e. The molecule has 0 aromatic heterocycles.